The Balaban J connectivity index is 1.68. The third-order valence-corrected chi connectivity index (χ3v) is 5.75. The molecule has 0 saturated carbocycles. The van der Waals surface area contributed by atoms with Gasteiger partial charge in [-0.25, -0.2) is 4.98 Å². The van der Waals surface area contributed by atoms with Gasteiger partial charge in [-0.05, 0) is 25.3 Å². The highest BCUT2D eigenvalue weighted by atomic mass is 32.2. The van der Waals surface area contributed by atoms with Crippen LogP contribution in [0.5, 0.6) is 0 Å². The van der Waals surface area contributed by atoms with Crippen LogP contribution in [0.4, 0.5) is 0 Å². The quantitative estimate of drug-likeness (QED) is 0.554. The summed E-state index contributed by atoms with van der Waals surface area (Å²) in [6, 6.07) is 9.09. The Labute approximate surface area is 151 Å². The largest absolute Gasteiger partial charge is 0.306 e. The van der Waals surface area contributed by atoms with Gasteiger partial charge >= 0.3 is 0 Å². The van der Waals surface area contributed by atoms with Crippen LogP contribution in [0.15, 0.2) is 41.1 Å². The summed E-state index contributed by atoms with van der Waals surface area (Å²) in [4.78, 5) is 4.77. The van der Waals surface area contributed by atoms with Crippen molar-refractivity contribution in [2.75, 3.05) is 0 Å². The van der Waals surface area contributed by atoms with Crippen molar-refractivity contribution in [2.45, 2.75) is 50.6 Å². The van der Waals surface area contributed by atoms with Crippen molar-refractivity contribution in [1.82, 2.24) is 19.7 Å². The van der Waals surface area contributed by atoms with Crippen molar-refractivity contribution in [3.05, 3.63) is 47.2 Å². The lowest BCUT2D eigenvalue weighted by Crippen LogP contribution is -2.00. The van der Waals surface area contributed by atoms with Crippen LogP contribution in [0.1, 0.15) is 50.9 Å². The van der Waals surface area contributed by atoms with Gasteiger partial charge in [-0.3, -0.25) is 0 Å². The first kappa shape index (κ1) is 17.2. The van der Waals surface area contributed by atoms with E-state index in [1.807, 2.05) is 0 Å². The third kappa shape index (κ3) is 3.87. The molecule has 2 heterocycles. The van der Waals surface area contributed by atoms with Gasteiger partial charge in [0.05, 0.1) is 5.69 Å². The second kappa shape index (κ2) is 7.49. The molecule has 3 aromatic rings. The van der Waals surface area contributed by atoms with E-state index in [-0.39, 0.29) is 0 Å². The Bertz CT molecular complexity index is 787. The lowest BCUT2D eigenvalue weighted by Gasteiger charge is -2.08. The lowest BCUT2D eigenvalue weighted by molar-refractivity contribution is 0.549. The molecule has 0 N–H and O–H groups in total. The predicted octanol–water partition coefficient (Wildman–Crippen LogP) is 5.40. The molecule has 126 valence electrons. The number of aromatic nitrogens is 4. The van der Waals surface area contributed by atoms with Crippen LogP contribution in [0.3, 0.4) is 0 Å². The van der Waals surface area contributed by atoms with Crippen molar-refractivity contribution in [1.29, 1.82) is 0 Å². The molecule has 2 aromatic heterocycles. The third-order valence-electron chi connectivity index (χ3n) is 3.82. The molecule has 0 aliphatic carbocycles. The van der Waals surface area contributed by atoms with E-state index in [1.165, 1.54) is 11.1 Å². The fourth-order valence-electron chi connectivity index (χ4n) is 2.34. The van der Waals surface area contributed by atoms with Crippen LogP contribution in [-0.2, 0) is 5.75 Å². The monoisotopic (exact) mass is 358 g/mol. The molecule has 0 spiro atoms. The van der Waals surface area contributed by atoms with Crippen LogP contribution >= 0.6 is 23.1 Å². The number of hydrogen-bond acceptors (Lipinski definition) is 5. The molecular weight excluding hydrogens is 336 g/mol. The molecule has 0 aliphatic rings. The summed E-state index contributed by atoms with van der Waals surface area (Å²) >= 11 is 3.38. The van der Waals surface area contributed by atoms with Crippen molar-refractivity contribution in [3.8, 4) is 10.6 Å². The van der Waals surface area contributed by atoms with Gasteiger partial charge in [0.15, 0.2) is 5.16 Å². The van der Waals surface area contributed by atoms with Gasteiger partial charge in [-0.1, -0.05) is 49.9 Å². The van der Waals surface area contributed by atoms with E-state index in [2.05, 4.69) is 72.1 Å². The van der Waals surface area contributed by atoms with Gasteiger partial charge in [0, 0.05) is 22.7 Å². The van der Waals surface area contributed by atoms with Crippen molar-refractivity contribution < 1.29 is 0 Å². The highest BCUT2D eigenvalue weighted by Gasteiger charge is 2.10. The van der Waals surface area contributed by atoms with Gasteiger partial charge in [0.25, 0.3) is 0 Å². The molecule has 0 radical (unpaired) electrons. The number of rotatable bonds is 6. The van der Waals surface area contributed by atoms with Gasteiger partial charge in [-0.15, -0.1) is 21.5 Å². The normalized spacial score (nSPS) is 11.6. The summed E-state index contributed by atoms with van der Waals surface area (Å²) in [7, 11) is 0. The Hall–Kier alpha value is -1.66. The van der Waals surface area contributed by atoms with Crippen LogP contribution in [-0.4, -0.2) is 19.7 Å². The molecule has 0 aliphatic heterocycles. The van der Waals surface area contributed by atoms with Gasteiger partial charge in [0.1, 0.15) is 11.3 Å². The summed E-state index contributed by atoms with van der Waals surface area (Å²) < 4.78 is 2.09. The highest BCUT2D eigenvalue weighted by Crippen LogP contribution is 2.29. The maximum atomic E-state index is 4.77. The van der Waals surface area contributed by atoms with E-state index < -0.39 is 0 Å². The SMILES string of the molecule is CC(C)c1ccc(-c2nc(CSc3nncn3C(C)C)cs2)cc1. The molecule has 0 fully saturated rings. The van der Waals surface area contributed by atoms with Gasteiger partial charge in [-0.2, -0.15) is 0 Å². The molecule has 6 heteroatoms. The maximum Gasteiger partial charge on any atom is 0.191 e. The number of thiazole rings is 1. The van der Waals surface area contributed by atoms with E-state index >= 15 is 0 Å². The fraction of sp³-hybridized carbons (Fsp3) is 0.389. The second-order valence-electron chi connectivity index (χ2n) is 6.32. The molecule has 4 nitrogen and oxygen atoms in total. The summed E-state index contributed by atoms with van der Waals surface area (Å²) in [5.41, 5.74) is 3.64. The number of thioether (sulfide) groups is 1. The average Bonchev–Trinajstić information content (AvgIpc) is 3.22. The minimum absolute atomic E-state index is 0.368. The van der Waals surface area contributed by atoms with Crippen LogP contribution in [0.25, 0.3) is 10.6 Å². The fourth-order valence-corrected chi connectivity index (χ4v) is 4.21. The average molecular weight is 359 g/mol. The molecular formula is C18H22N4S2. The first-order chi connectivity index (χ1) is 11.5. The smallest absolute Gasteiger partial charge is 0.191 e. The molecule has 0 amide bonds. The summed E-state index contributed by atoms with van der Waals surface area (Å²) in [5, 5.41) is 12.4. The second-order valence-corrected chi connectivity index (χ2v) is 8.12. The molecule has 0 saturated heterocycles. The van der Waals surface area contributed by atoms with Crippen molar-refractivity contribution in [2.24, 2.45) is 0 Å². The zero-order chi connectivity index (χ0) is 17.1. The Morgan fingerprint density at radius 1 is 1.12 bits per heavy atom. The minimum Gasteiger partial charge on any atom is -0.306 e. The van der Waals surface area contributed by atoms with Crippen molar-refractivity contribution in [3.63, 3.8) is 0 Å². The van der Waals surface area contributed by atoms with E-state index in [0.717, 1.165) is 21.6 Å². The van der Waals surface area contributed by atoms with Gasteiger partial charge in [0.2, 0.25) is 0 Å². The molecule has 1 aromatic carbocycles. The van der Waals surface area contributed by atoms with E-state index in [9.17, 15) is 0 Å². The first-order valence-electron chi connectivity index (χ1n) is 8.11. The minimum atomic E-state index is 0.368. The molecule has 24 heavy (non-hydrogen) atoms. The van der Waals surface area contributed by atoms with Crippen LogP contribution in [0, 0.1) is 0 Å². The Kier molecular flexibility index (Phi) is 5.36. The van der Waals surface area contributed by atoms with Crippen LogP contribution < -0.4 is 0 Å². The Morgan fingerprint density at radius 3 is 2.54 bits per heavy atom. The highest BCUT2D eigenvalue weighted by molar-refractivity contribution is 7.98. The number of hydrogen-bond donors (Lipinski definition) is 0. The summed E-state index contributed by atoms with van der Waals surface area (Å²) in [6.07, 6.45) is 1.79. The van der Waals surface area contributed by atoms with E-state index in [4.69, 9.17) is 4.98 Å². The lowest BCUT2D eigenvalue weighted by atomic mass is 10.0. The zero-order valence-electron chi connectivity index (χ0n) is 14.4. The standard InChI is InChI=1S/C18H22N4S2/c1-12(2)14-5-7-15(8-6-14)17-20-16(9-23-17)10-24-18-21-19-11-22(18)13(3)4/h5-9,11-13H,10H2,1-4H3. The molecule has 0 atom stereocenters. The Morgan fingerprint density at radius 2 is 1.88 bits per heavy atom. The van der Waals surface area contributed by atoms with E-state index in [0.29, 0.717) is 12.0 Å². The van der Waals surface area contributed by atoms with Crippen molar-refractivity contribution >= 4 is 23.1 Å². The molecule has 0 unspecified atom stereocenters. The summed E-state index contributed by atoms with van der Waals surface area (Å²) in [5.74, 6) is 1.37. The topological polar surface area (TPSA) is 43.6 Å². The molecule has 0 bridgehead atoms. The first-order valence-corrected chi connectivity index (χ1v) is 9.98. The predicted molar refractivity (Wildman–Crippen MR) is 102 cm³/mol. The summed E-state index contributed by atoms with van der Waals surface area (Å²) in [6.45, 7) is 8.69. The molecule has 3 rings (SSSR count). The number of nitrogens with zero attached hydrogens (tertiary/aromatic N) is 4. The number of benzene rings is 1. The van der Waals surface area contributed by atoms with Crippen LogP contribution in [0.2, 0.25) is 0 Å². The van der Waals surface area contributed by atoms with E-state index in [1.54, 1.807) is 29.4 Å². The maximum absolute atomic E-state index is 4.77. The van der Waals surface area contributed by atoms with Gasteiger partial charge < -0.3 is 4.57 Å². The zero-order valence-corrected chi connectivity index (χ0v) is 16.1.